The first-order valence-corrected chi connectivity index (χ1v) is 4.41. The second kappa shape index (κ2) is 2.76. The highest BCUT2D eigenvalue weighted by Gasteiger charge is 2.06. The van der Waals surface area contributed by atoms with Crippen LogP contribution in [-0.2, 0) is 0 Å². The molecule has 0 fully saturated rings. The highest BCUT2D eigenvalue weighted by Crippen LogP contribution is 2.21. The molecule has 0 aromatic carbocycles. The fraction of sp³-hybridized carbons (Fsp3) is 0.300. The van der Waals surface area contributed by atoms with E-state index in [0.29, 0.717) is 11.9 Å². The fourth-order valence-electron chi connectivity index (χ4n) is 1.55. The van der Waals surface area contributed by atoms with Gasteiger partial charge in [0.25, 0.3) is 0 Å². The zero-order valence-electron chi connectivity index (χ0n) is 7.86. The Morgan fingerprint density at radius 2 is 2.23 bits per heavy atom. The number of rotatable bonds is 1. The van der Waals surface area contributed by atoms with E-state index in [2.05, 4.69) is 24.9 Å². The molecule has 0 atom stereocenters. The van der Waals surface area contributed by atoms with Crippen LogP contribution in [-0.4, -0.2) is 9.38 Å². The molecule has 3 nitrogen and oxygen atoms in total. The van der Waals surface area contributed by atoms with Gasteiger partial charge in [-0.15, -0.1) is 0 Å². The molecule has 13 heavy (non-hydrogen) atoms. The number of imidazole rings is 1. The van der Waals surface area contributed by atoms with Crippen LogP contribution in [0.25, 0.3) is 5.52 Å². The Hall–Kier alpha value is -1.51. The number of anilines is 1. The number of pyridine rings is 1. The first-order valence-electron chi connectivity index (χ1n) is 4.41. The van der Waals surface area contributed by atoms with Crippen molar-refractivity contribution in [3.05, 3.63) is 30.1 Å². The first-order chi connectivity index (χ1) is 6.20. The Labute approximate surface area is 77.2 Å². The summed E-state index contributed by atoms with van der Waals surface area (Å²) in [4.78, 5) is 4.08. The molecular formula is C10H13N3. The maximum absolute atomic E-state index is 5.70. The molecule has 3 heteroatoms. The summed E-state index contributed by atoms with van der Waals surface area (Å²) in [5.41, 5.74) is 8.09. The van der Waals surface area contributed by atoms with Gasteiger partial charge < -0.3 is 5.73 Å². The lowest BCUT2D eigenvalue weighted by molar-refractivity contribution is 0.867. The molecule has 0 spiro atoms. The number of fused-ring (bicyclic) bond motifs is 1. The third kappa shape index (κ3) is 1.16. The average Bonchev–Trinajstić information content (AvgIpc) is 2.48. The van der Waals surface area contributed by atoms with Crippen molar-refractivity contribution in [2.75, 3.05) is 5.73 Å². The topological polar surface area (TPSA) is 43.3 Å². The molecular weight excluding hydrogens is 162 g/mol. The number of nitrogens with zero attached hydrogens (tertiary/aromatic N) is 2. The van der Waals surface area contributed by atoms with Gasteiger partial charge in [-0.05, 0) is 17.5 Å². The smallest absolute Gasteiger partial charge is 0.204 e. The van der Waals surface area contributed by atoms with E-state index >= 15 is 0 Å². The predicted molar refractivity (Wildman–Crippen MR) is 53.7 cm³/mol. The van der Waals surface area contributed by atoms with Crippen LogP contribution in [0.5, 0.6) is 0 Å². The van der Waals surface area contributed by atoms with Gasteiger partial charge in [0.15, 0.2) is 0 Å². The Balaban J connectivity index is 2.77. The number of nitrogen functional groups attached to an aromatic ring is 1. The highest BCUT2D eigenvalue weighted by atomic mass is 15.1. The minimum atomic E-state index is 0.500. The van der Waals surface area contributed by atoms with Crippen LogP contribution in [0, 0.1) is 0 Å². The van der Waals surface area contributed by atoms with Gasteiger partial charge in [-0.1, -0.05) is 19.9 Å². The molecule has 0 bridgehead atoms. The number of nitrogens with two attached hydrogens (primary N) is 1. The van der Waals surface area contributed by atoms with Crippen LogP contribution >= 0.6 is 0 Å². The molecule has 0 unspecified atom stereocenters. The summed E-state index contributed by atoms with van der Waals surface area (Å²) >= 11 is 0. The summed E-state index contributed by atoms with van der Waals surface area (Å²) in [7, 11) is 0. The number of aromatic nitrogens is 2. The molecule has 0 aliphatic rings. The molecule has 2 rings (SSSR count). The Morgan fingerprint density at radius 3 is 2.92 bits per heavy atom. The van der Waals surface area contributed by atoms with Gasteiger partial charge >= 0.3 is 0 Å². The van der Waals surface area contributed by atoms with Crippen LogP contribution in [0.1, 0.15) is 25.3 Å². The molecule has 0 saturated carbocycles. The van der Waals surface area contributed by atoms with E-state index in [-0.39, 0.29) is 0 Å². The summed E-state index contributed by atoms with van der Waals surface area (Å²) < 4.78 is 1.91. The van der Waals surface area contributed by atoms with Crippen LogP contribution in [0.2, 0.25) is 0 Å². The normalized spacial score (nSPS) is 11.3. The molecule has 2 aromatic heterocycles. The third-order valence-corrected chi connectivity index (χ3v) is 2.25. The van der Waals surface area contributed by atoms with Crippen LogP contribution in [0.3, 0.4) is 0 Å². The maximum Gasteiger partial charge on any atom is 0.204 e. The Kier molecular flexibility index (Phi) is 1.72. The van der Waals surface area contributed by atoms with Gasteiger partial charge in [0.2, 0.25) is 5.95 Å². The second-order valence-electron chi connectivity index (χ2n) is 3.49. The van der Waals surface area contributed by atoms with Crippen molar-refractivity contribution in [3.63, 3.8) is 0 Å². The van der Waals surface area contributed by atoms with Gasteiger partial charge in [0, 0.05) is 6.20 Å². The minimum absolute atomic E-state index is 0.500. The van der Waals surface area contributed by atoms with E-state index in [4.69, 9.17) is 5.73 Å². The van der Waals surface area contributed by atoms with Crippen molar-refractivity contribution in [3.8, 4) is 0 Å². The molecule has 2 heterocycles. The van der Waals surface area contributed by atoms with Crippen LogP contribution in [0.15, 0.2) is 24.5 Å². The first kappa shape index (κ1) is 8.10. The van der Waals surface area contributed by atoms with Gasteiger partial charge in [-0.2, -0.15) is 0 Å². The average molecular weight is 175 g/mol. The van der Waals surface area contributed by atoms with Crippen molar-refractivity contribution in [1.29, 1.82) is 0 Å². The van der Waals surface area contributed by atoms with Gasteiger partial charge in [-0.3, -0.25) is 4.40 Å². The summed E-state index contributed by atoms with van der Waals surface area (Å²) in [5, 5.41) is 0. The fourth-order valence-corrected chi connectivity index (χ4v) is 1.55. The van der Waals surface area contributed by atoms with E-state index in [0.717, 1.165) is 5.52 Å². The summed E-state index contributed by atoms with van der Waals surface area (Å²) in [6, 6.07) is 4.11. The summed E-state index contributed by atoms with van der Waals surface area (Å²) in [5.74, 6) is 1.05. The molecule has 0 aliphatic heterocycles. The Morgan fingerprint density at radius 1 is 1.46 bits per heavy atom. The van der Waals surface area contributed by atoms with Crippen LogP contribution in [0.4, 0.5) is 5.95 Å². The van der Waals surface area contributed by atoms with Crippen LogP contribution < -0.4 is 5.73 Å². The molecule has 2 N–H and O–H groups in total. The molecule has 0 radical (unpaired) electrons. The minimum Gasteiger partial charge on any atom is -0.369 e. The van der Waals surface area contributed by atoms with Gasteiger partial charge in [0.1, 0.15) is 0 Å². The maximum atomic E-state index is 5.70. The Bertz CT molecular complexity index is 429. The van der Waals surface area contributed by atoms with E-state index in [1.54, 1.807) is 0 Å². The predicted octanol–water partition coefficient (Wildman–Crippen LogP) is 2.04. The zero-order valence-corrected chi connectivity index (χ0v) is 7.86. The summed E-state index contributed by atoms with van der Waals surface area (Å²) in [6.45, 7) is 4.33. The van der Waals surface area contributed by atoms with Crippen molar-refractivity contribution in [2.45, 2.75) is 19.8 Å². The zero-order chi connectivity index (χ0) is 9.42. The van der Waals surface area contributed by atoms with E-state index in [9.17, 15) is 0 Å². The highest BCUT2D eigenvalue weighted by molar-refractivity contribution is 5.58. The van der Waals surface area contributed by atoms with Crippen molar-refractivity contribution in [2.24, 2.45) is 0 Å². The third-order valence-electron chi connectivity index (χ3n) is 2.25. The second-order valence-corrected chi connectivity index (χ2v) is 3.49. The van der Waals surface area contributed by atoms with Crippen molar-refractivity contribution < 1.29 is 0 Å². The summed E-state index contributed by atoms with van der Waals surface area (Å²) in [6.07, 6.45) is 3.76. The molecule has 2 aromatic rings. The van der Waals surface area contributed by atoms with E-state index in [1.165, 1.54) is 5.56 Å². The lowest BCUT2D eigenvalue weighted by atomic mass is 10.0. The lowest BCUT2D eigenvalue weighted by Crippen LogP contribution is -1.96. The standard InChI is InChI=1S/C10H13N3/c1-7(2)8-4-3-5-13-9(8)6-12-10(13)11/h3-7H,1-2H3,(H2,11,12). The molecule has 0 saturated heterocycles. The largest absolute Gasteiger partial charge is 0.369 e. The van der Waals surface area contributed by atoms with E-state index < -0.39 is 0 Å². The lowest BCUT2D eigenvalue weighted by Gasteiger charge is -2.07. The monoisotopic (exact) mass is 175 g/mol. The van der Waals surface area contributed by atoms with Gasteiger partial charge in [0.05, 0.1) is 11.7 Å². The van der Waals surface area contributed by atoms with Gasteiger partial charge in [-0.25, -0.2) is 4.98 Å². The SMILES string of the molecule is CC(C)c1cccn2c(N)ncc12. The van der Waals surface area contributed by atoms with E-state index in [1.807, 2.05) is 22.9 Å². The molecule has 0 aliphatic carbocycles. The van der Waals surface area contributed by atoms with Crippen molar-refractivity contribution in [1.82, 2.24) is 9.38 Å². The quantitative estimate of drug-likeness (QED) is 0.720. The number of hydrogen-bond donors (Lipinski definition) is 1. The molecule has 0 amide bonds. The number of hydrogen-bond acceptors (Lipinski definition) is 2. The molecule has 68 valence electrons. The van der Waals surface area contributed by atoms with Crippen molar-refractivity contribution >= 4 is 11.5 Å².